The monoisotopic (exact) mass is 361 g/mol. The molecule has 23 heavy (non-hydrogen) atoms. The first-order valence-corrected chi connectivity index (χ1v) is 10.2. The van der Waals surface area contributed by atoms with Crippen LogP contribution in [0.5, 0.6) is 0 Å². The zero-order valence-corrected chi connectivity index (χ0v) is 14.5. The van der Waals surface area contributed by atoms with E-state index in [9.17, 15) is 21.6 Å². The number of carbonyl (C=O) groups is 1. The highest BCUT2D eigenvalue weighted by atomic mass is 32.2. The van der Waals surface area contributed by atoms with Gasteiger partial charge >= 0.3 is 0 Å². The lowest BCUT2D eigenvalue weighted by Crippen LogP contribution is -2.39. The zero-order chi connectivity index (χ0) is 17.3. The minimum absolute atomic E-state index is 0.0951. The van der Waals surface area contributed by atoms with Crippen molar-refractivity contribution < 1.29 is 21.6 Å². The van der Waals surface area contributed by atoms with Gasteiger partial charge in [-0.3, -0.25) is 4.79 Å². The Hall–Kier alpha value is -1.49. The van der Waals surface area contributed by atoms with E-state index in [1.165, 1.54) is 31.0 Å². The van der Waals surface area contributed by atoms with Gasteiger partial charge in [0.05, 0.1) is 17.2 Å². The predicted octanol–water partition coefficient (Wildman–Crippen LogP) is -0.577. The molecule has 0 bridgehead atoms. The number of nitrogens with zero attached hydrogens (tertiary/aromatic N) is 1. The number of amides is 1. The van der Waals surface area contributed by atoms with Gasteiger partial charge in [-0.2, -0.15) is 0 Å². The minimum atomic E-state index is -3.54. The molecule has 10 heteroatoms. The van der Waals surface area contributed by atoms with Gasteiger partial charge < -0.3 is 4.90 Å². The molecule has 1 aromatic carbocycles. The van der Waals surface area contributed by atoms with Crippen LogP contribution >= 0.6 is 0 Å². The molecule has 0 saturated carbocycles. The van der Waals surface area contributed by atoms with E-state index in [2.05, 4.69) is 9.44 Å². The van der Waals surface area contributed by atoms with Crippen LogP contribution in [-0.4, -0.2) is 48.6 Å². The molecular weight excluding hydrogens is 342 g/mol. The Morgan fingerprint density at radius 2 is 1.96 bits per heavy atom. The van der Waals surface area contributed by atoms with Crippen LogP contribution in [0.25, 0.3) is 0 Å². The minimum Gasteiger partial charge on any atom is -0.311 e. The quantitative estimate of drug-likeness (QED) is 0.704. The first-order valence-electron chi connectivity index (χ1n) is 7.04. The van der Waals surface area contributed by atoms with Crippen molar-refractivity contribution in [1.82, 2.24) is 9.44 Å². The number of nitrogens with one attached hydrogen (secondary N) is 2. The standard InChI is InChI=1S/C13H19N3O5S2/c1-3-22(18,19)15-9-13(17)16-7-6-10-8-11(4-5-12(10)16)23(20,21)14-2/h4-5,8,14-15H,3,6-7,9H2,1-2H3. The molecule has 8 nitrogen and oxygen atoms in total. The second-order valence-corrected chi connectivity index (χ2v) is 9.00. The molecule has 0 spiro atoms. The summed E-state index contributed by atoms with van der Waals surface area (Å²) in [7, 11) is -5.64. The third-order valence-corrected chi connectivity index (χ3v) is 6.41. The molecule has 1 aliphatic heterocycles. The van der Waals surface area contributed by atoms with E-state index >= 15 is 0 Å². The van der Waals surface area contributed by atoms with Crippen LogP contribution in [-0.2, 0) is 31.3 Å². The summed E-state index contributed by atoms with van der Waals surface area (Å²) >= 11 is 0. The highest BCUT2D eigenvalue weighted by Gasteiger charge is 2.26. The van der Waals surface area contributed by atoms with Crippen molar-refractivity contribution >= 4 is 31.6 Å². The molecule has 1 amide bonds. The normalized spacial score (nSPS) is 14.8. The van der Waals surface area contributed by atoms with Gasteiger partial charge in [-0.25, -0.2) is 26.3 Å². The molecule has 0 aliphatic carbocycles. The maximum atomic E-state index is 12.2. The maximum absolute atomic E-state index is 12.2. The van der Waals surface area contributed by atoms with Gasteiger partial charge in [-0.05, 0) is 44.2 Å². The predicted molar refractivity (Wildman–Crippen MR) is 86.2 cm³/mol. The van der Waals surface area contributed by atoms with Crippen LogP contribution in [0.3, 0.4) is 0 Å². The Morgan fingerprint density at radius 1 is 1.26 bits per heavy atom. The zero-order valence-electron chi connectivity index (χ0n) is 12.9. The third-order valence-electron chi connectivity index (χ3n) is 3.65. The highest BCUT2D eigenvalue weighted by Crippen LogP contribution is 2.30. The summed E-state index contributed by atoms with van der Waals surface area (Å²) in [6.07, 6.45) is 0.522. The second kappa shape index (κ2) is 6.56. The Labute approximate surface area is 136 Å². The largest absolute Gasteiger partial charge is 0.311 e. The highest BCUT2D eigenvalue weighted by molar-refractivity contribution is 7.89. The molecule has 128 valence electrons. The average molecular weight is 361 g/mol. The van der Waals surface area contributed by atoms with E-state index in [0.717, 1.165) is 5.56 Å². The molecule has 0 unspecified atom stereocenters. The lowest BCUT2D eigenvalue weighted by molar-refractivity contribution is -0.117. The maximum Gasteiger partial charge on any atom is 0.242 e. The lowest BCUT2D eigenvalue weighted by atomic mass is 10.2. The fourth-order valence-corrected chi connectivity index (χ4v) is 3.62. The number of carbonyl (C=O) groups excluding carboxylic acids is 1. The molecule has 0 atom stereocenters. The summed E-state index contributed by atoms with van der Waals surface area (Å²) in [6.45, 7) is 1.57. The summed E-state index contributed by atoms with van der Waals surface area (Å²) in [6, 6.07) is 4.52. The van der Waals surface area contributed by atoms with Gasteiger partial charge in [0, 0.05) is 12.2 Å². The van der Waals surface area contributed by atoms with E-state index in [1.807, 2.05) is 0 Å². The van der Waals surface area contributed by atoms with Gasteiger partial charge in [0.1, 0.15) is 0 Å². The molecule has 1 aliphatic rings. The molecule has 2 N–H and O–H groups in total. The lowest BCUT2D eigenvalue weighted by Gasteiger charge is -2.17. The number of benzene rings is 1. The summed E-state index contributed by atoms with van der Waals surface area (Å²) in [5.74, 6) is -0.466. The van der Waals surface area contributed by atoms with Gasteiger partial charge in [0.15, 0.2) is 0 Å². The van der Waals surface area contributed by atoms with Crippen molar-refractivity contribution in [2.75, 3.05) is 30.8 Å². The summed E-state index contributed by atoms with van der Waals surface area (Å²) in [5, 5.41) is 0. The topological polar surface area (TPSA) is 113 Å². The van der Waals surface area contributed by atoms with Crippen molar-refractivity contribution in [3.05, 3.63) is 23.8 Å². The Balaban J connectivity index is 2.18. The summed E-state index contributed by atoms with van der Waals surface area (Å²) in [5.41, 5.74) is 1.36. The number of anilines is 1. The van der Waals surface area contributed by atoms with Gasteiger partial charge in [0.2, 0.25) is 26.0 Å². The molecule has 0 radical (unpaired) electrons. The van der Waals surface area contributed by atoms with Crippen molar-refractivity contribution in [3.63, 3.8) is 0 Å². The Morgan fingerprint density at radius 3 is 2.57 bits per heavy atom. The van der Waals surface area contributed by atoms with Crippen molar-refractivity contribution in [2.24, 2.45) is 0 Å². The van der Waals surface area contributed by atoms with Crippen LogP contribution in [0.15, 0.2) is 23.1 Å². The van der Waals surface area contributed by atoms with E-state index in [1.54, 1.807) is 6.07 Å². The smallest absolute Gasteiger partial charge is 0.242 e. The molecule has 0 saturated heterocycles. The van der Waals surface area contributed by atoms with E-state index in [-0.39, 0.29) is 23.1 Å². The molecule has 0 fully saturated rings. The molecule has 1 aromatic rings. The molecule has 1 heterocycles. The molecule has 0 aromatic heterocycles. The number of hydrogen-bond donors (Lipinski definition) is 2. The van der Waals surface area contributed by atoms with Crippen LogP contribution in [0.1, 0.15) is 12.5 Å². The van der Waals surface area contributed by atoms with E-state index in [4.69, 9.17) is 0 Å². The summed E-state index contributed by atoms with van der Waals surface area (Å²) in [4.78, 5) is 13.8. The van der Waals surface area contributed by atoms with Gasteiger partial charge in [-0.15, -0.1) is 0 Å². The van der Waals surface area contributed by atoms with Crippen LogP contribution < -0.4 is 14.3 Å². The van der Waals surface area contributed by atoms with Crippen molar-refractivity contribution in [1.29, 1.82) is 0 Å². The van der Waals surface area contributed by atoms with Crippen LogP contribution in [0, 0.1) is 0 Å². The second-order valence-electron chi connectivity index (χ2n) is 5.02. The van der Waals surface area contributed by atoms with E-state index in [0.29, 0.717) is 18.7 Å². The van der Waals surface area contributed by atoms with Crippen molar-refractivity contribution in [2.45, 2.75) is 18.2 Å². The number of fused-ring (bicyclic) bond motifs is 1. The molecule has 2 rings (SSSR count). The average Bonchev–Trinajstić information content (AvgIpc) is 2.95. The van der Waals surface area contributed by atoms with Gasteiger partial charge in [0.25, 0.3) is 0 Å². The van der Waals surface area contributed by atoms with Crippen LogP contribution in [0.2, 0.25) is 0 Å². The van der Waals surface area contributed by atoms with Crippen LogP contribution in [0.4, 0.5) is 5.69 Å². The fourth-order valence-electron chi connectivity index (χ4n) is 2.29. The Bertz CT molecular complexity index is 818. The summed E-state index contributed by atoms with van der Waals surface area (Å²) < 4.78 is 50.9. The SMILES string of the molecule is CCS(=O)(=O)NCC(=O)N1CCc2cc(S(=O)(=O)NC)ccc21. The first kappa shape index (κ1) is 17.9. The molecular formula is C13H19N3O5S2. The number of hydrogen-bond acceptors (Lipinski definition) is 5. The fraction of sp³-hybridized carbons (Fsp3) is 0.462. The third kappa shape index (κ3) is 3.89. The van der Waals surface area contributed by atoms with E-state index < -0.39 is 20.0 Å². The Kier molecular flexibility index (Phi) is 5.09. The van der Waals surface area contributed by atoms with Crippen molar-refractivity contribution in [3.8, 4) is 0 Å². The number of sulfonamides is 2. The van der Waals surface area contributed by atoms with Gasteiger partial charge in [-0.1, -0.05) is 0 Å². The number of rotatable bonds is 6. The first-order chi connectivity index (χ1) is 10.7.